The first kappa shape index (κ1) is 21.2. The number of nitrogens with zero attached hydrogens (tertiary/aromatic N) is 1. The van der Waals surface area contributed by atoms with Crippen molar-refractivity contribution in [2.24, 2.45) is 5.92 Å². The first-order valence-electron chi connectivity index (χ1n) is 10.2. The Bertz CT molecular complexity index is 593. The highest BCUT2D eigenvalue weighted by molar-refractivity contribution is 5.89. The lowest BCUT2D eigenvalue weighted by molar-refractivity contribution is -0.122. The second-order valence-electron chi connectivity index (χ2n) is 7.25. The van der Waals surface area contributed by atoms with E-state index in [-0.39, 0.29) is 18.0 Å². The van der Waals surface area contributed by atoms with Gasteiger partial charge in [-0.2, -0.15) is 0 Å². The number of benzene rings is 1. The van der Waals surface area contributed by atoms with Crippen LogP contribution in [0.15, 0.2) is 24.3 Å². The standard InChI is InChI=1S/C21H34N4O2/c1-4-25(5-2)21(27)24-19-9-7-18(8-10-19)16(3)23-20(26)11-6-17-12-14-22-15-13-17/h7-10,16-17,22H,4-6,11-15H2,1-3H3,(H,23,26)(H,24,27). The van der Waals surface area contributed by atoms with E-state index in [1.165, 1.54) is 12.8 Å². The summed E-state index contributed by atoms with van der Waals surface area (Å²) in [6.45, 7) is 9.41. The summed E-state index contributed by atoms with van der Waals surface area (Å²) in [5.41, 5.74) is 1.80. The SMILES string of the molecule is CCN(CC)C(=O)Nc1ccc(C(C)NC(=O)CCC2CCNCC2)cc1. The molecule has 1 atom stereocenters. The van der Waals surface area contributed by atoms with Gasteiger partial charge in [-0.05, 0) is 76.7 Å². The number of urea groups is 1. The minimum atomic E-state index is -0.0907. The van der Waals surface area contributed by atoms with Crippen LogP contribution in [-0.2, 0) is 4.79 Å². The van der Waals surface area contributed by atoms with E-state index in [1.54, 1.807) is 4.90 Å². The monoisotopic (exact) mass is 374 g/mol. The third-order valence-corrected chi connectivity index (χ3v) is 5.33. The lowest BCUT2D eigenvalue weighted by Gasteiger charge is -2.22. The number of piperidine rings is 1. The number of carbonyl (C=O) groups excluding carboxylic acids is 2. The molecule has 1 aromatic rings. The van der Waals surface area contributed by atoms with Gasteiger partial charge in [0.05, 0.1) is 6.04 Å². The highest BCUT2D eigenvalue weighted by atomic mass is 16.2. The number of amides is 3. The molecule has 1 saturated heterocycles. The summed E-state index contributed by atoms with van der Waals surface area (Å²) in [4.78, 5) is 26.1. The van der Waals surface area contributed by atoms with Gasteiger partial charge in [0.25, 0.3) is 0 Å². The Morgan fingerprint density at radius 3 is 2.37 bits per heavy atom. The summed E-state index contributed by atoms with van der Waals surface area (Å²) in [5, 5.41) is 9.34. The molecular formula is C21H34N4O2. The van der Waals surface area contributed by atoms with Crippen LogP contribution in [0.2, 0.25) is 0 Å². The van der Waals surface area contributed by atoms with Crippen LogP contribution in [0.3, 0.4) is 0 Å². The van der Waals surface area contributed by atoms with Gasteiger partial charge in [0.1, 0.15) is 0 Å². The predicted octanol–water partition coefficient (Wildman–Crippen LogP) is 3.52. The van der Waals surface area contributed by atoms with Crippen molar-refractivity contribution in [1.29, 1.82) is 0 Å². The normalized spacial score (nSPS) is 15.8. The molecule has 1 aromatic carbocycles. The maximum absolute atomic E-state index is 12.2. The van der Waals surface area contributed by atoms with E-state index in [0.717, 1.165) is 30.8 Å². The van der Waals surface area contributed by atoms with Crippen LogP contribution in [0.5, 0.6) is 0 Å². The summed E-state index contributed by atoms with van der Waals surface area (Å²) in [5.74, 6) is 0.779. The van der Waals surface area contributed by atoms with Crippen LogP contribution >= 0.6 is 0 Å². The fourth-order valence-corrected chi connectivity index (χ4v) is 3.47. The van der Waals surface area contributed by atoms with E-state index in [0.29, 0.717) is 25.4 Å². The van der Waals surface area contributed by atoms with Gasteiger partial charge >= 0.3 is 6.03 Å². The molecule has 1 aliphatic heterocycles. The molecule has 1 heterocycles. The van der Waals surface area contributed by atoms with Crippen molar-refractivity contribution >= 4 is 17.6 Å². The molecule has 0 aliphatic carbocycles. The second kappa shape index (κ2) is 10.9. The molecule has 0 spiro atoms. The predicted molar refractivity (Wildman–Crippen MR) is 110 cm³/mol. The van der Waals surface area contributed by atoms with Gasteiger partial charge in [-0.15, -0.1) is 0 Å². The summed E-state index contributed by atoms with van der Waals surface area (Å²) in [6.07, 6.45) is 3.90. The van der Waals surface area contributed by atoms with E-state index in [2.05, 4.69) is 16.0 Å². The molecular weight excluding hydrogens is 340 g/mol. The van der Waals surface area contributed by atoms with Gasteiger partial charge in [0.2, 0.25) is 5.91 Å². The van der Waals surface area contributed by atoms with Gasteiger partial charge in [0.15, 0.2) is 0 Å². The van der Waals surface area contributed by atoms with E-state index in [9.17, 15) is 9.59 Å². The van der Waals surface area contributed by atoms with Crippen molar-refractivity contribution in [3.63, 3.8) is 0 Å². The highest BCUT2D eigenvalue weighted by Crippen LogP contribution is 2.19. The van der Waals surface area contributed by atoms with Crippen molar-refractivity contribution in [3.8, 4) is 0 Å². The van der Waals surface area contributed by atoms with Crippen LogP contribution in [0.25, 0.3) is 0 Å². The summed E-state index contributed by atoms with van der Waals surface area (Å²) in [7, 11) is 0. The molecule has 6 nitrogen and oxygen atoms in total. The van der Waals surface area contributed by atoms with Gasteiger partial charge in [0, 0.05) is 25.2 Å². The number of rotatable bonds is 8. The van der Waals surface area contributed by atoms with E-state index in [4.69, 9.17) is 0 Å². The zero-order valence-corrected chi connectivity index (χ0v) is 16.9. The quantitative estimate of drug-likeness (QED) is 0.652. The maximum Gasteiger partial charge on any atom is 0.321 e. The molecule has 2 rings (SSSR count). The number of hydrogen-bond acceptors (Lipinski definition) is 3. The van der Waals surface area contributed by atoms with Gasteiger partial charge in [-0.25, -0.2) is 4.79 Å². The molecule has 0 aromatic heterocycles. The van der Waals surface area contributed by atoms with Crippen molar-refractivity contribution < 1.29 is 9.59 Å². The molecule has 0 radical (unpaired) electrons. The third kappa shape index (κ3) is 6.86. The molecule has 0 bridgehead atoms. The molecule has 150 valence electrons. The first-order valence-corrected chi connectivity index (χ1v) is 10.2. The number of carbonyl (C=O) groups is 2. The topological polar surface area (TPSA) is 73.5 Å². The third-order valence-electron chi connectivity index (χ3n) is 5.33. The molecule has 27 heavy (non-hydrogen) atoms. The smallest absolute Gasteiger partial charge is 0.321 e. The van der Waals surface area contributed by atoms with Crippen LogP contribution < -0.4 is 16.0 Å². The zero-order valence-electron chi connectivity index (χ0n) is 16.9. The average Bonchev–Trinajstić information content (AvgIpc) is 2.68. The van der Waals surface area contributed by atoms with Crippen LogP contribution in [0.1, 0.15) is 58.1 Å². The Morgan fingerprint density at radius 1 is 1.15 bits per heavy atom. The lowest BCUT2D eigenvalue weighted by Crippen LogP contribution is -2.34. The molecule has 1 aliphatic rings. The lowest BCUT2D eigenvalue weighted by atomic mass is 9.93. The maximum atomic E-state index is 12.2. The minimum Gasteiger partial charge on any atom is -0.350 e. The minimum absolute atomic E-state index is 0.0435. The van der Waals surface area contributed by atoms with Gasteiger partial charge in [-0.1, -0.05) is 12.1 Å². The number of hydrogen-bond donors (Lipinski definition) is 3. The van der Waals surface area contributed by atoms with Crippen LogP contribution in [0.4, 0.5) is 10.5 Å². The number of nitrogens with one attached hydrogen (secondary N) is 3. The molecule has 0 saturated carbocycles. The van der Waals surface area contributed by atoms with Gasteiger partial charge < -0.3 is 20.9 Å². The van der Waals surface area contributed by atoms with Crippen molar-refractivity contribution in [2.75, 3.05) is 31.5 Å². The second-order valence-corrected chi connectivity index (χ2v) is 7.25. The highest BCUT2D eigenvalue weighted by Gasteiger charge is 2.16. The molecule has 6 heteroatoms. The summed E-state index contributed by atoms with van der Waals surface area (Å²) < 4.78 is 0. The van der Waals surface area contributed by atoms with E-state index >= 15 is 0 Å². The Labute approximate surface area is 163 Å². The van der Waals surface area contributed by atoms with Crippen LogP contribution in [0, 0.1) is 5.92 Å². The molecule has 1 unspecified atom stereocenters. The summed E-state index contributed by atoms with van der Waals surface area (Å²) in [6, 6.07) is 7.54. The fourth-order valence-electron chi connectivity index (χ4n) is 3.47. The zero-order chi connectivity index (χ0) is 19.6. The van der Waals surface area contributed by atoms with Gasteiger partial charge in [-0.3, -0.25) is 4.79 Å². The number of anilines is 1. The largest absolute Gasteiger partial charge is 0.350 e. The van der Waals surface area contributed by atoms with Crippen molar-refractivity contribution in [2.45, 2.75) is 52.5 Å². The van der Waals surface area contributed by atoms with Crippen molar-refractivity contribution in [3.05, 3.63) is 29.8 Å². The van der Waals surface area contributed by atoms with E-state index in [1.807, 2.05) is 45.0 Å². The summed E-state index contributed by atoms with van der Waals surface area (Å²) >= 11 is 0. The molecule has 1 fully saturated rings. The van der Waals surface area contributed by atoms with E-state index < -0.39 is 0 Å². The first-order chi connectivity index (χ1) is 13.0. The Morgan fingerprint density at radius 2 is 1.78 bits per heavy atom. The molecule has 3 N–H and O–H groups in total. The Kier molecular flexibility index (Phi) is 8.58. The molecule has 3 amide bonds. The van der Waals surface area contributed by atoms with Crippen LogP contribution in [-0.4, -0.2) is 43.0 Å². The fraction of sp³-hybridized carbons (Fsp3) is 0.619. The Balaban J connectivity index is 1.79. The average molecular weight is 375 g/mol. The van der Waals surface area contributed by atoms with Crippen molar-refractivity contribution in [1.82, 2.24) is 15.5 Å². The Hall–Kier alpha value is -2.08.